The molecule has 1 aromatic carbocycles. The molecule has 1 heterocycles. The van der Waals surface area contributed by atoms with E-state index in [0.717, 1.165) is 42.2 Å². The van der Waals surface area contributed by atoms with Gasteiger partial charge >= 0.3 is 11.6 Å². The summed E-state index contributed by atoms with van der Waals surface area (Å²) in [4.78, 5) is 23.6. The lowest BCUT2D eigenvalue weighted by Gasteiger charge is -2.17. The Balaban J connectivity index is 1.91. The molecular weight excluding hydrogens is 332 g/mol. The maximum atomic E-state index is 12.1. The summed E-state index contributed by atoms with van der Waals surface area (Å²) in [5.41, 5.74) is 1.85. The van der Waals surface area contributed by atoms with Crippen LogP contribution in [0, 0.1) is 0 Å². The van der Waals surface area contributed by atoms with Crippen molar-refractivity contribution in [1.29, 1.82) is 0 Å². The molecule has 0 saturated carbocycles. The zero-order chi connectivity index (χ0) is 17.1. The van der Waals surface area contributed by atoms with Crippen LogP contribution in [0.4, 0.5) is 0 Å². The van der Waals surface area contributed by atoms with Crippen LogP contribution < -0.4 is 10.4 Å². The average Bonchev–Trinajstić information content (AvgIpc) is 2.59. The first kappa shape index (κ1) is 16.6. The van der Waals surface area contributed by atoms with Gasteiger partial charge in [0.25, 0.3) is 0 Å². The zero-order valence-electron chi connectivity index (χ0n) is 13.1. The first-order chi connectivity index (χ1) is 11.6. The number of esters is 1. The molecule has 126 valence electrons. The van der Waals surface area contributed by atoms with Crippen LogP contribution in [0.15, 0.2) is 34.0 Å². The van der Waals surface area contributed by atoms with Crippen molar-refractivity contribution in [3.05, 3.63) is 51.4 Å². The molecule has 0 aliphatic heterocycles. The van der Waals surface area contributed by atoms with E-state index in [4.69, 9.17) is 25.5 Å². The first-order valence-electron chi connectivity index (χ1n) is 7.77. The minimum absolute atomic E-state index is 0.120. The van der Waals surface area contributed by atoms with Gasteiger partial charge in [0, 0.05) is 17.0 Å². The van der Waals surface area contributed by atoms with Gasteiger partial charge in [-0.25, -0.2) is 9.59 Å². The lowest BCUT2D eigenvalue weighted by atomic mass is 9.91. The Bertz CT molecular complexity index is 853. The fourth-order valence-corrected chi connectivity index (χ4v) is 3.10. The number of hydrogen-bond donors (Lipinski definition) is 0. The van der Waals surface area contributed by atoms with Gasteiger partial charge in [-0.15, -0.1) is 0 Å². The van der Waals surface area contributed by atoms with Gasteiger partial charge in [0.05, 0.1) is 5.02 Å². The fraction of sp³-hybridized carbons (Fsp3) is 0.333. The number of carbonyl (C=O) groups is 1. The maximum absolute atomic E-state index is 12.1. The summed E-state index contributed by atoms with van der Waals surface area (Å²) < 4.78 is 15.6. The fourth-order valence-electron chi connectivity index (χ4n) is 2.89. The number of hydrogen-bond acceptors (Lipinski definition) is 5. The topological polar surface area (TPSA) is 65.7 Å². The molecule has 0 amide bonds. The molecule has 1 aliphatic carbocycles. The number of fused-ring (bicyclic) bond motifs is 3. The third-order valence-electron chi connectivity index (χ3n) is 3.98. The predicted octanol–water partition coefficient (Wildman–Crippen LogP) is 3.43. The van der Waals surface area contributed by atoms with E-state index in [0.29, 0.717) is 10.6 Å². The molecule has 1 aliphatic rings. The van der Waals surface area contributed by atoms with Crippen molar-refractivity contribution in [2.24, 2.45) is 0 Å². The summed E-state index contributed by atoms with van der Waals surface area (Å²) in [6.45, 7) is 3.30. The number of benzene rings is 1. The van der Waals surface area contributed by atoms with Gasteiger partial charge in [0.1, 0.15) is 17.9 Å². The second-order valence-corrected chi connectivity index (χ2v) is 6.00. The number of ether oxygens (including phenoxy) is 2. The van der Waals surface area contributed by atoms with Crippen molar-refractivity contribution in [3.63, 3.8) is 0 Å². The van der Waals surface area contributed by atoms with Crippen molar-refractivity contribution in [3.8, 4) is 5.75 Å². The average molecular weight is 349 g/mol. The van der Waals surface area contributed by atoms with Gasteiger partial charge in [0.15, 0.2) is 6.61 Å². The molecule has 0 spiro atoms. The Morgan fingerprint density at radius 1 is 1.29 bits per heavy atom. The number of halogens is 1. The molecular formula is C18H17ClO5. The van der Waals surface area contributed by atoms with E-state index < -0.39 is 5.97 Å². The third-order valence-corrected chi connectivity index (χ3v) is 4.28. The van der Waals surface area contributed by atoms with Crippen LogP contribution >= 0.6 is 11.6 Å². The van der Waals surface area contributed by atoms with Crippen LogP contribution in [0.1, 0.15) is 24.0 Å². The standard InChI is InChI=1S/C18H17ClO5/c1-2-7-22-17(20)10-23-16-9-15-13(8-14(16)19)11-5-3-4-6-12(11)18(21)24-15/h2,8-9H,1,3-7,10H2. The van der Waals surface area contributed by atoms with E-state index in [-0.39, 0.29) is 24.6 Å². The highest BCUT2D eigenvalue weighted by atomic mass is 35.5. The van der Waals surface area contributed by atoms with Crippen molar-refractivity contribution < 1.29 is 18.7 Å². The first-order valence-corrected chi connectivity index (χ1v) is 8.15. The van der Waals surface area contributed by atoms with Crippen LogP contribution in [0.3, 0.4) is 0 Å². The van der Waals surface area contributed by atoms with Crippen LogP contribution in [0.5, 0.6) is 5.75 Å². The molecule has 5 nitrogen and oxygen atoms in total. The summed E-state index contributed by atoms with van der Waals surface area (Å²) >= 11 is 6.26. The zero-order valence-corrected chi connectivity index (χ0v) is 13.9. The van der Waals surface area contributed by atoms with Gasteiger partial charge in [-0.2, -0.15) is 0 Å². The number of carbonyl (C=O) groups excluding carboxylic acids is 1. The van der Waals surface area contributed by atoms with E-state index >= 15 is 0 Å². The molecule has 6 heteroatoms. The van der Waals surface area contributed by atoms with Gasteiger partial charge in [0.2, 0.25) is 0 Å². The SMILES string of the molecule is C=CCOC(=O)COc1cc2oc(=O)c3c(c2cc1Cl)CCCC3. The molecule has 3 rings (SSSR count). The second kappa shape index (κ2) is 7.09. The molecule has 0 atom stereocenters. The molecule has 0 fully saturated rings. The van der Waals surface area contributed by atoms with Crippen molar-refractivity contribution in [1.82, 2.24) is 0 Å². The molecule has 0 N–H and O–H groups in total. The van der Waals surface area contributed by atoms with Gasteiger partial charge < -0.3 is 13.9 Å². The van der Waals surface area contributed by atoms with Crippen LogP contribution in [-0.4, -0.2) is 19.2 Å². The van der Waals surface area contributed by atoms with E-state index in [9.17, 15) is 9.59 Å². The van der Waals surface area contributed by atoms with Crippen LogP contribution in [-0.2, 0) is 22.4 Å². The Morgan fingerprint density at radius 2 is 2.04 bits per heavy atom. The van der Waals surface area contributed by atoms with Gasteiger partial charge in [-0.05, 0) is 37.3 Å². The van der Waals surface area contributed by atoms with E-state index in [1.165, 1.54) is 6.08 Å². The van der Waals surface area contributed by atoms with Crippen LogP contribution in [0.2, 0.25) is 5.02 Å². The highest BCUT2D eigenvalue weighted by Crippen LogP contribution is 2.34. The van der Waals surface area contributed by atoms with E-state index in [2.05, 4.69) is 6.58 Å². The molecule has 24 heavy (non-hydrogen) atoms. The molecule has 0 bridgehead atoms. The quantitative estimate of drug-likeness (QED) is 0.470. The number of rotatable bonds is 5. The van der Waals surface area contributed by atoms with E-state index in [1.807, 2.05) is 0 Å². The molecule has 1 aromatic heterocycles. The summed E-state index contributed by atoms with van der Waals surface area (Å²) in [7, 11) is 0. The highest BCUT2D eigenvalue weighted by Gasteiger charge is 2.19. The minimum atomic E-state index is -0.530. The predicted molar refractivity (Wildman–Crippen MR) is 90.8 cm³/mol. The Labute approximate surface area is 143 Å². The van der Waals surface area contributed by atoms with Crippen molar-refractivity contribution in [2.75, 3.05) is 13.2 Å². The molecule has 2 aromatic rings. The van der Waals surface area contributed by atoms with Crippen molar-refractivity contribution in [2.45, 2.75) is 25.7 Å². The summed E-state index contributed by atoms with van der Waals surface area (Å²) in [5.74, 6) is -0.253. The Morgan fingerprint density at radius 3 is 2.79 bits per heavy atom. The third kappa shape index (κ3) is 3.31. The molecule has 0 unspecified atom stereocenters. The minimum Gasteiger partial charge on any atom is -0.480 e. The largest absolute Gasteiger partial charge is 0.480 e. The van der Waals surface area contributed by atoms with Gasteiger partial charge in [-0.1, -0.05) is 24.3 Å². The normalized spacial score (nSPS) is 13.4. The van der Waals surface area contributed by atoms with E-state index in [1.54, 1.807) is 12.1 Å². The molecule has 0 radical (unpaired) electrons. The maximum Gasteiger partial charge on any atom is 0.344 e. The number of aryl methyl sites for hydroxylation is 1. The lowest BCUT2D eigenvalue weighted by Crippen LogP contribution is -2.16. The second-order valence-electron chi connectivity index (χ2n) is 5.59. The summed E-state index contributed by atoms with van der Waals surface area (Å²) in [6.07, 6.45) is 5.07. The Kier molecular flexibility index (Phi) is 4.90. The van der Waals surface area contributed by atoms with Crippen molar-refractivity contribution >= 4 is 28.5 Å². The summed E-state index contributed by atoms with van der Waals surface area (Å²) in [6, 6.07) is 3.28. The molecule has 0 saturated heterocycles. The van der Waals surface area contributed by atoms with Crippen LogP contribution in [0.25, 0.3) is 11.0 Å². The summed E-state index contributed by atoms with van der Waals surface area (Å²) in [5, 5.41) is 1.19. The smallest absolute Gasteiger partial charge is 0.344 e. The monoisotopic (exact) mass is 348 g/mol. The lowest BCUT2D eigenvalue weighted by molar-refractivity contribution is -0.144. The Hall–Kier alpha value is -2.27. The van der Waals surface area contributed by atoms with Gasteiger partial charge in [-0.3, -0.25) is 0 Å². The highest BCUT2D eigenvalue weighted by molar-refractivity contribution is 6.32.